The van der Waals surface area contributed by atoms with Crippen LogP contribution in [-0.2, 0) is 16.6 Å². The lowest BCUT2D eigenvalue weighted by molar-refractivity contribution is 0.102. The van der Waals surface area contributed by atoms with Gasteiger partial charge in [0.15, 0.2) is 11.6 Å². The van der Waals surface area contributed by atoms with E-state index in [1.165, 1.54) is 53.5 Å². The number of amides is 1. The van der Waals surface area contributed by atoms with Crippen molar-refractivity contribution in [2.24, 2.45) is 0 Å². The molecule has 2 heterocycles. The Hall–Kier alpha value is -4.03. The minimum absolute atomic E-state index is 0.0284. The second-order valence-electron chi connectivity index (χ2n) is 7.62. The highest BCUT2D eigenvalue weighted by molar-refractivity contribution is 7.92. The number of hydrogen-bond acceptors (Lipinski definition) is 6. The maximum absolute atomic E-state index is 13.8. The Labute approximate surface area is 209 Å². The number of carbonyl (C=O) groups is 1. The zero-order chi connectivity index (χ0) is 25.9. The van der Waals surface area contributed by atoms with Crippen molar-refractivity contribution in [3.63, 3.8) is 0 Å². The van der Waals surface area contributed by atoms with E-state index in [0.717, 1.165) is 18.5 Å². The fourth-order valence-electron chi connectivity index (χ4n) is 3.17. The third-order valence-corrected chi connectivity index (χ3v) is 5.43. The van der Waals surface area contributed by atoms with E-state index in [0.29, 0.717) is 5.56 Å². The van der Waals surface area contributed by atoms with Crippen molar-refractivity contribution >= 4 is 38.9 Å². The normalized spacial score (nSPS) is 11.2. The highest BCUT2D eigenvalue weighted by atomic mass is 35.5. The monoisotopic (exact) mass is 533 g/mol. The van der Waals surface area contributed by atoms with Gasteiger partial charge in [0.25, 0.3) is 5.91 Å². The topological polar surface area (TPSA) is 115 Å². The lowest BCUT2D eigenvalue weighted by atomic mass is 10.2. The van der Waals surface area contributed by atoms with Crippen LogP contribution in [0.15, 0.2) is 67.1 Å². The number of halogens is 3. The Morgan fingerprint density at radius 2 is 1.86 bits per heavy atom. The standard InChI is InChI=1S/C23H18ClF2N5O4S/c1-36(33,34)30-20-7-16(24)6-19(9-20)29-23(32)15-10-28-31(12-15)22-21(8-18(26)11-27-22)35-13-14-3-2-4-17(25)5-14/h2-12,30H,13H2,1H3,(H,29,32). The summed E-state index contributed by atoms with van der Waals surface area (Å²) in [4.78, 5) is 16.8. The second-order valence-corrected chi connectivity index (χ2v) is 9.81. The first-order chi connectivity index (χ1) is 17.1. The average Bonchev–Trinajstić information content (AvgIpc) is 3.26. The van der Waals surface area contributed by atoms with E-state index in [2.05, 4.69) is 20.1 Å². The highest BCUT2D eigenvalue weighted by Gasteiger charge is 2.16. The quantitative estimate of drug-likeness (QED) is 0.347. The Balaban J connectivity index is 1.53. The van der Waals surface area contributed by atoms with Crippen LogP contribution < -0.4 is 14.8 Å². The molecule has 2 aromatic heterocycles. The number of nitrogens with zero attached hydrogens (tertiary/aromatic N) is 3. The number of sulfonamides is 1. The number of benzene rings is 2. The fraction of sp³-hybridized carbons (Fsp3) is 0.0870. The molecule has 0 fully saturated rings. The predicted octanol–water partition coefficient (Wildman–Crippen LogP) is 4.40. The molecule has 0 aliphatic carbocycles. The number of nitrogens with one attached hydrogen (secondary N) is 2. The summed E-state index contributed by atoms with van der Waals surface area (Å²) in [7, 11) is -3.55. The SMILES string of the molecule is CS(=O)(=O)Nc1cc(Cl)cc(NC(=O)c2cnn(-c3ncc(F)cc3OCc3cccc(F)c3)c2)c1. The van der Waals surface area contributed by atoms with Gasteiger partial charge in [0.05, 0.1) is 29.9 Å². The molecule has 4 rings (SSSR count). The summed E-state index contributed by atoms with van der Waals surface area (Å²) in [5.41, 5.74) is 1.06. The molecule has 0 aliphatic rings. The van der Waals surface area contributed by atoms with Crippen molar-refractivity contribution in [2.45, 2.75) is 6.61 Å². The molecular weight excluding hydrogens is 516 g/mol. The molecule has 0 radical (unpaired) electrons. The van der Waals surface area contributed by atoms with Crippen LogP contribution in [0.5, 0.6) is 5.75 Å². The van der Waals surface area contributed by atoms with Gasteiger partial charge in [-0.1, -0.05) is 23.7 Å². The molecule has 9 nitrogen and oxygen atoms in total. The molecule has 2 N–H and O–H groups in total. The average molecular weight is 534 g/mol. The highest BCUT2D eigenvalue weighted by Crippen LogP contribution is 2.25. The van der Waals surface area contributed by atoms with Gasteiger partial charge >= 0.3 is 0 Å². The summed E-state index contributed by atoms with van der Waals surface area (Å²) in [5.74, 6) is -1.53. The molecule has 2 aromatic carbocycles. The first-order valence-electron chi connectivity index (χ1n) is 10.2. The third-order valence-electron chi connectivity index (χ3n) is 4.60. The van der Waals surface area contributed by atoms with Gasteiger partial charge in [-0.05, 0) is 35.9 Å². The summed E-state index contributed by atoms with van der Waals surface area (Å²) >= 11 is 6.03. The van der Waals surface area contributed by atoms with Crippen LogP contribution in [0.4, 0.5) is 20.2 Å². The molecule has 0 unspecified atom stereocenters. The van der Waals surface area contributed by atoms with Crippen LogP contribution in [0.25, 0.3) is 5.82 Å². The van der Waals surface area contributed by atoms with E-state index in [1.807, 2.05) is 0 Å². The van der Waals surface area contributed by atoms with Crippen molar-refractivity contribution in [1.82, 2.24) is 14.8 Å². The Morgan fingerprint density at radius 1 is 1.08 bits per heavy atom. The molecule has 1 amide bonds. The van der Waals surface area contributed by atoms with E-state index in [4.69, 9.17) is 16.3 Å². The van der Waals surface area contributed by atoms with E-state index in [-0.39, 0.29) is 40.1 Å². The van der Waals surface area contributed by atoms with Gasteiger partial charge in [-0.15, -0.1) is 0 Å². The van der Waals surface area contributed by atoms with Crippen LogP contribution in [-0.4, -0.2) is 35.3 Å². The van der Waals surface area contributed by atoms with Crippen molar-refractivity contribution in [2.75, 3.05) is 16.3 Å². The summed E-state index contributed by atoms with van der Waals surface area (Å²) in [6, 6.07) is 11.1. The van der Waals surface area contributed by atoms with Crippen LogP contribution >= 0.6 is 11.6 Å². The zero-order valence-electron chi connectivity index (χ0n) is 18.6. The van der Waals surface area contributed by atoms with E-state index < -0.39 is 27.6 Å². The van der Waals surface area contributed by atoms with E-state index >= 15 is 0 Å². The molecule has 0 saturated carbocycles. The molecule has 0 aliphatic heterocycles. The van der Waals surface area contributed by atoms with Gasteiger partial charge in [0.2, 0.25) is 10.0 Å². The molecule has 36 heavy (non-hydrogen) atoms. The minimum Gasteiger partial charge on any atom is -0.485 e. The molecular formula is C23H18ClF2N5O4S. The first kappa shape index (κ1) is 25.1. The zero-order valence-corrected chi connectivity index (χ0v) is 20.1. The molecule has 0 saturated heterocycles. The predicted molar refractivity (Wildman–Crippen MR) is 130 cm³/mol. The number of rotatable bonds is 8. The van der Waals surface area contributed by atoms with E-state index in [1.54, 1.807) is 6.07 Å². The van der Waals surface area contributed by atoms with Gasteiger partial charge < -0.3 is 10.1 Å². The van der Waals surface area contributed by atoms with E-state index in [9.17, 15) is 22.0 Å². The van der Waals surface area contributed by atoms with Crippen molar-refractivity contribution < 1.29 is 26.7 Å². The fourth-order valence-corrected chi connectivity index (χ4v) is 3.95. The summed E-state index contributed by atoms with van der Waals surface area (Å²) in [6.45, 7) is -0.0525. The second kappa shape index (κ2) is 10.3. The molecule has 0 atom stereocenters. The number of aromatic nitrogens is 3. The number of ether oxygens (including phenoxy) is 1. The number of hydrogen-bond donors (Lipinski definition) is 2. The number of pyridine rings is 1. The number of carbonyl (C=O) groups excluding carboxylic acids is 1. The van der Waals surface area contributed by atoms with Gasteiger partial charge in [-0.2, -0.15) is 5.10 Å². The van der Waals surface area contributed by atoms with Crippen LogP contribution in [0.2, 0.25) is 5.02 Å². The molecule has 0 bridgehead atoms. The minimum atomic E-state index is -3.55. The molecule has 4 aromatic rings. The van der Waals surface area contributed by atoms with Crippen LogP contribution in [0.1, 0.15) is 15.9 Å². The Bertz CT molecular complexity index is 1550. The van der Waals surface area contributed by atoms with Gasteiger partial charge in [0, 0.05) is 23.0 Å². The molecule has 0 spiro atoms. The summed E-state index contributed by atoms with van der Waals surface area (Å²) in [5, 5.41) is 6.91. The summed E-state index contributed by atoms with van der Waals surface area (Å²) in [6.07, 6.45) is 4.57. The largest absolute Gasteiger partial charge is 0.485 e. The maximum atomic E-state index is 13.8. The number of anilines is 2. The summed E-state index contributed by atoms with van der Waals surface area (Å²) < 4.78 is 59.4. The van der Waals surface area contributed by atoms with Crippen LogP contribution in [0.3, 0.4) is 0 Å². The Morgan fingerprint density at radius 3 is 2.61 bits per heavy atom. The lowest BCUT2D eigenvalue weighted by Crippen LogP contribution is -2.13. The van der Waals surface area contributed by atoms with Crippen molar-refractivity contribution in [1.29, 1.82) is 0 Å². The van der Waals surface area contributed by atoms with Crippen LogP contribution in [0, 0.1) is 11.6 Å². The molecule has 186 valence electrons. The molecule has 13 heteroatoms. The first-order valence-corrected chi connectivity index (χ1v) is 12.5. The smallest absolute Gasteiger partial charge is 0.258 e. The van der Waals surface area contributed by atoms with Gasteiger partial charge in [-0.25, -0.2) is 26.9 Å². The van der Waals surface area contributed by atoms with Gasteiger partial charge in [0.1, 0.15) is 18.2 Å². The third kappa shape index (κ3) is 6.55. The van der Waals surface area contributed by atoms with Crippen molar-refractivity contribution in [3.05, 3.63) is 94.9 Å². The van der Waals surface area contributed by atoms with Gasteiger partial charge in [-0.3, -0.25) is 9.52 Å². The van der Waals surface area contributed by atoms with Crippen molar-refractivity contribution in [3.8, 4) is 11.6 Å². The maximum Gasteiger partial charge on any atom is 0.258 e. The Kier molecular flexibility index (Phi) is 7.17. The lowest BCUT2D eigenvalue weighted by Gasteiger charge is -2.11.